The number of carboxylic acids is 3. The van der Waals surface area contributed by atoms with Crippen molar-refractivity contribution in [2.45, 2.75) is 44.7 Å². The van der Waals surface area contributed by atoms with Crippen LogP contribution >= 0.6 is 0 Å². The maximum atomic E-state index is 13.0. The van der Waals surface area contributed by atoms with Crippen LogP contribution in [0, 0.1) is 0 Å². The molecule has 7 N–H and O–H groups in total. The molecular formula is C26H46BN7O11. The number of nitrogens with one attached hydrogen (secondary N) is 2. The van der Waals surface area contributed by atoms with E-state index in [-0.39, 0.29) is 78.5 Å². The average Bonchev–Trinajstić information content (AvgIpc) is 3.43. The summed E-state index contributed by atoms with van der Waals surface area (Å²) in [7, 11) is -1.69. The Labute approximate surface area is 262 Å². The molecule has 19 heteroatoms. The molecule has 18 nitrogen and oxygen atoms in total. The molecule has 0 aliphatic carbocycles. The monoisotopic (exact) mass is 643 g/mol. The molecule has 0 bridgehead atoms. The molecule has 2 fully saturated rings. The molecule has 0 aromatic rings. The van der Waals surface area contributed by atoms with Gasteiger partial charge in [-0.15, -0.1) is 0 Å². The first kappa shape index (κ1) is 37.8. The molecule has 0 spiro atoms. The van der Waals surface area contributed by atoms with E-state index < -0.39 is 60.8 Å². The summed E-state index contributed by atoms with van der Waals surface area (Å²) in [6.07, 6.45) is 1.03. The Kier molecular flexibility index (Phi) is 15.6. The Hall–Kier alpha value is -3.36. The van der Waals surface area contributed by atoms with Gasteiger partial charge in [-0.05, 0) is 26.7 Å². The van der Waals surface area contributed by atoms with Gasteiger partial charge in [0.2, 0.25) is 17.7 Å². The number of hydrogen-bond donors (Lipinski definition) is 7. The highest BCUT2D eigenvalue weighted by Crippen LogP contribution is 2.19. The van der Waals surface area contributed by atoms with E-state index in [2.05, 4.69) is 10.6 Å². The van der Waals surface area contributed by atoms with Gasteiger partial charge >= 0.3 is 25.0 Å². The Balaban J connectivity index is 2.03. The van der Waals surface area contributed by atoms with Crippen molar-refractivity contribution in [3.8, 4) is 0 Å². The fourth-order valence-electron chi connectivity index (χ4n) is 5.37. The molecule has 3 amide bonds. The number of hydrogen-bond acceptors (Lipinski definition) is 12. The maximum absolute atomic E-state index is 13.0. The summed E-state index contributed by atoms with van der Waals surface area (Å²) in [4.78, 5) is 80.7. The summed E-state index contributed by atoms with van der Waals surface area (Å²) in [5.41, 5.74) is 0. The van der Waals surface area contributed by atoms with Crippen LogP contribution in [0.15, 0.2) is 0 Å². The average molecular weight is 644 g/mol. The summed E-state index contributed by atoms with van der Waals surface area (Å²) in [6, 6.07) is -2.00. The molecule has 0 saturated carbocycles. The molecule has 3 atom stereocenters. The van der Waals surface area contributed by atoms with Crippen molar-refractivity contribution >= 4 is 42.7 Å². The van der Waals surface area contributed by atoms with Gasteiger partial charge in [0.1, 0.15) is 12.1 Å². The lowest BCUT2D eigenvalue weighted by atomic mass is 9.78. The van der Waals surface area contributed by atoms with Crippen LogP contribution in [0.2, 0.25) is 0 Å². The highest BCUT2D eigenvalue weighted by atomic mass is 16.4. The standard InChI is InChI=1S/C26H46BN7O11/c1-18(25(42)29-19(2)26(43)34-5-3-4-20(34)27(44)45)28-21(35)14-30-6-8-31(15-22(36)37)10-12-33(17-24(40)41)13-11-32(9-7-30)16-23(38)39/h18-20,44-45H,3-17H2,1-2H3,(H,28,35)(H,29,42)(H,36,37)(H,38,39)(H,40,41)/t18-,19+,20-/m0/s1. The van der Waals surface area contributed by atoms with Crippen molar-refractivity contribution in [3.63, 3.8) is 0 Å². The van der Waals surface area contributed by atoms with E-state index in [1.165, 1.54) is 18.7 Å². The minimum atomic E-state index is -1.69. The van der Waals surface area contributed by atoms with Crippen molar-refractivity contribution < 1.29 is 54.1 Å². The lowest BCUT2D eigenvalue weighted by Crippen LogP contribution is -2.56. The summed E-state index contributed by atoms with van der Waals surface area (Å²) in [6.45, 7) is 4.10. The molecule has 2 aliphatic rings. The van der Waals surface area contributed by atoms with E-state index in [4.69, 9.17) is 0 Å². The highest BCUT2D eigenvalue weighted by molar-refractivity contribution is 6.43. The van der Waals surface area contributed by atoms with Gasteiger partial charge in [-0.1, -0.05) is 0 Å². The van der Waals surface area contributed by atoms with Crippen molar-refractivity contribution in [1.82, 2.24) is 35.1 Å². The largest absolute Gasteiger partial charge is 0.480 e. The van der Waals surface area contributed by atoms with Gasteiger partial charge in [0.25, 0.3) is 0 Å². The zero-order chi connectivity index (χ0) is 33.7. The first-order valence-electron chi connectivity index (χ1n) is 15.0. The predicted molar refractivity (Wildman–Crippen MR) is 159 cm³/mol. The van der Waals surface area contributed by atoms with Crippen LogP contribution in [-0.4, -0.2) is 196 Å². The van der Waals surface area contributed by atoms with Gasteiger partial charge < -0.3 is 40.9 Å². The Morgan fingerprint density at radius 2 is 1.04 bits per heavy atom. The maximum Gasteiger partial charge on any atom is 0.475 e. The topological polar surface area (TPSA) is 244 Å². The second-order valence-electron chi connectivity index (χ2n) is 11.5. The molecule has 2 saturated heterocycles. The number of likely N-dealkylation sites (tertiary alicyclic amines) is 1. The van der Waals surface area contributed by atoms with E-state index in [1.807, 2.05) is 0 Å². The third-order valence-corrected chi connectivity index (χ3v) is 7.80. The lowest BCUT2D eigenvalue weighted by molar-refractivity contribution is -0.140. The van der Waals surface area contributed by atoms with Crippen LogP contribution in [-0.2, 0) is 28.8 Å². The first-order valence-corrected chi connectivity index (χ1v) is 15.0. The molecule has 2 heterocycles. The zero-order valence-corrected chi connectivity index (χ0v) is 25.8. The van der Waals surface area contributed by atoms with Gasteiger partial charge in [-0.2, -0.15) is 0 Å². The summed E-state index contributed by atoms with van der Waals surface area (Å²) in [5, 5.41) is 52.2. The SMILES string of the molecule is C[C@H](NC(=O)CN1CCN(CC(=O)O)CCN(CC(=O)O)CCN(CC(=O)O)CC1)C(=O)N[C@H](C)C(=O)N1CCC[C@H]1B(O)O. The van der Waals surface area contributed by atoms with Gasteiger partial charge in [0.05, 0.1) is 32.1 Å². The molecule has 254 valence electrons. The molecule has 2 rings (SSSR count). The number of rotatable bonds is 13. The van der Waals surface area contributed by atoms with Crippen LogP contribution in [0.3, 0.4) is 0 Å². The number of carbonyl (C=O) groups excluding carboxylic acids is 3. The van der Waals surface area contributed by atoms with Crippen LogP contribution in [0.1, 0.15) is 26.7 Å². The molecule has 45 heavy (non-hydrogen) atoms. The van der Waals surface area contributed by atoms with E-state index in [0.717, 1.165) is 0 Å². The fourth-order valence-corrected chi connectivity index (χ4v) is 5.37. The predicted octanol–water partition coefficient (Wildman–Crippen LogP) is -4.53. The Bertz CT molecular complexity index is 1020. The minimum Gasteiger partial charge on any atom is -0.480 e. The van der Waals surface area contributed by atoms with Gasteiger partial charge in [-0.3, -0.25) is 48.4 Å². The lowest BCUT2D eigenvalue weighted by Gasteiger charge is -2.33. The van der Waals surface area contributed by atoms with E-state index in [9.17, 15) is 54.1 Å². The molecular weight excluding hydrogens is 597 g/mol. The normalized spacial score (nSPS) is 21.2. The Morgan fingerprint density at radius 1 is 0.644 bits per heavy atom. The smallest absolute Gasteiger partial charge is 0.475 e. The van der Waals surface area contributed by atoms with E-state index in [1.54, 1.807) is 19.6 Å². The molecule has 0 aromatic carbocycles. The molecule has 0 aromatic heterocycles. The number of carboxylic acid groups (broad SMARTS) is 3. The van der Waals surface area contributed by atoms with E-state index in [0.29, 0.717) is 19.4 Å². The first-order chi connectivity index (χ1) is 21.2. The van der Waals surface area contributed by atoms with Crippen LogP contribution in [0.25, 0.3) is 0 Å². The van der Waals surface area contributed by atoms with Crippen molar-refractivity contribution in [3.05, 3.63) is 0 Å². The third kappa shape index (κ3) is 13.7. The second kappa shape index (κ2) is 18.6. The summed E-state index contributed by atoms with van der Waals surface area (Å²) < 4.78 is 0. The Morgan fingerprint density at radius 3 is 1.42 bits per heavy atom. The van der Waals surface area contributed by atoms with Crippen molar-refractivity contribution in [2.75, 3.05) is 85.1 Å². The summed E-state index contributed by atoms with van der Waals surface area (Å²) in [5.74, 6) is -5.55. The number of amides is 3. The van der Waals surface area contributed by atoms with Gasteiger partial charge in [0, 0.05) is 58.9 Å². The summed E-state index contributed by atoms with van der Waals surface area (Å²) >= 11 is 0. The number of nitrogens with zero attached hydrogens (tertiary/aromatic N) is 5. The highest BCUT2D eigenvalue weighted by Gasteiger charge is 2.38. The zero-order valence-electron chi connectivity index (χ0n) is 25.8. The molecule has 0 radical (unpaired) electrons. The van der Waals surface area contributed by atoms with Crippen molar-refractivity contribution in [1.29, 1.82) is 0 Å². The van der Waals surface area contributed by atoms with Crippen LogP contribution < -0.4 is 10.6 Å². The molecule has 0 unspecified atom stereocenters. The molecule has 2 aliphatic heterocycles. The quantitative estimate of drug-likeness (QED) is 0.0935. The number of aliphatic carboxylic acids is 3. The number of carbonyl (C=O) groups is 6. The van der Waals surface area contributed by atoms with Crippen LogP contribution in [0.4, 0.5) is 0 Å². The fraction of sp³-hybridized carbons (Fsp3) is 0.769. The van der Waals surface area contributed by atoms with Gasteiger partial charge in [0.15, 0.2) is 0 Å². The van der Waals surface area contributed by atoms with Gasteiger partial charge in [-0.25, -0.2) is 0 Å². The van der Waals surface area contributed by atoms with E-state index >= 15 is 0 Å². The second-order valence-corrected chi connectivity index (χ2v) is 11.5. The minimum absolute atomic E-state index is 0.178. The van der Waals surface area contributed by atoms with Crippen LogP contribution in [0.5, 0.6) is 0 Å². The van der Waals surface area contributed by atoms with Crippen molar-refractivity contribution in [2.24, 2.45) is 0 Å². The third-order valence-electron chi connectivity index (χ3n) is 7.80.